The quantitative estimate of drug-likeness (QED) is 0.709. The zero-order chi connectivity index (χ0) is 11.8. The summed E-state index contributed by atoms with van der Waals surface area (Å²) in [5.41, 5.74) is 0. The smallest absolute Gasteiger partial charge is 0.306 e. The normalized spacial score (nSPS) is 19.4. The molecule has 0 aromatic heterocycles. The summed E-state index contributed by atoms with van der Waals surface area (Å²) < 4.78 is 4.63. The van der Waals surface area contributed by atoms with Gasteiger partial charge in [0.05, 0.1) is 13.5 Å². The Labute approximate surface area is 98.9 Å². The van der Waals surface area contributed by atoms with Gasteiger partial charge in [0.1, 0.15) is 0 Å². The van der Waals surface area contributed by atoms with E-state index >= 15 is 0 Å². The van der Waals surface area contributed by atoms with E-state index in [1.807, 2.05) is 0 Å². The van der Waals surface area contributed by atoms with Gasteiger partial charge < -0.3 is 10.1 Å². The molecular formula is C13H25NO2. The lowest BCUT2D eigenvalue weighted by molar-refractivity contribution is -0.140. The predicted octanol–water partition coefficient (Wildman–Crippen LogP) is 2.50. The molecule has 0 bridgehead atoms. The van der Waals surface area contributed by atoms with Crippen molar-refractivity contribution in [3.63, 3.8) is 0 Å². The molecule has 0 radical (unpaired) electrons. The van der Waals surface area contributed by atoms with Crippen molar-refractivity contribution in [2.45, 2.75) is 57.9 Å². The average molecular weight is 227 g/mol. The van der Waals surface area contributed by atoms with E-state index in [1.165, 1.54) is 39.2 Å². The molecule has 1 N–H and O–H groups in total. The zero-order valence-electron chi connectivity index (χ0n) is 10.6. The molecular weight excluding hydrogens is 202 g/mol. The number of carbonyl (C=O) groups excluding carboxylic acids is 1. The van der Waals surface area contributed by atoms with Crippen molar-refractivity contribution in [3.05, 3.63) is 0 Å². The van der Waals surface area contributed by atoms with Gasteiger partial charge >= 0.3 is 5.97 Å². The van der Waals surface area contributed by atoms with E-state index in [9.17, 15) is 4.79 Å². The molecule has 1 unspecified atom stereocenters. The second kappa shape index (κ2) is 7.66. The van der Waals surface area contributed by atoms with Crippen LogP contribution in [0.15, 0.2) is 0 Å². The lowest BCUT2D eigenvalue weighted by Crippen LogP contribution is -2.38. The highest BCUT2D eigenvalue weighted by molar-refractivity contribution is 5.69. The number of methoxy groups -OCH3 is 1. The van der Waals surface area contributed by atoms with Crippen LogP contribution in [0, 0.1) is 5.92 Å². The lowest BCUT2D eigenvalue weighted by Gasteiger charge is -2.30. The highest BCUT2D eigenvalue weighted by Crippen LogP contribution is 2.27. The summed E-state index contributed by atoms with van der Waals surface area (Å²) in [5, 5.41) is 3.50. The van der Waals surface area contributed by atoms with Crippen molar-refractivity contribution in [1.29, 1.82) is 0 Å². The molecule has 1 atom stereocenters. The molecule has 16 heavy (non-hydrogen) atoms. The minimum absolute atomic E-state index is 0.119. The van der Waals surface area contributed by atoms with Gasteiger partial charge in [-0.05, 0) is 25.2 Å². The van der Waals surface area contributed by atoms with Gasteiger partial charge in [0.2, 0.25) is 0 Å². The van der Waals surface area contributed by atoms with Crippen LogP contribution >= 0.6 is 0 Å². The molecule has 0 aliphatic heterocycles. The van der Waals surface area contributed by atoms with Crippen molar-refractivity contribution in [1.82, 2.24) is 5.32 Å². The van der Waals surface area contributed by atoms with Crippen molar-refractivity contribution in [2.24, 2.45) is 5.92 Å². The van der Waals surface area contributed by atoms with Crippen molar-refractivity contribution in [2.75, 3.05) is 13.7 Å². The highest BCUT2D eigenvalue weighted by Gasteiger charge is 2.21. The van der Waals surface area contributed by atoms with Crippen LogP contribution in [0.2, 0.25) is 0 Å². The monoisotopic (exact) mass is 227 g/mol. The van der Waals surface area contributed by atoms with Gasteiger partial charge in [-0.2, -0.15) is 0 Å². The van der Waals surface area contributed by atoms with Gasteiger partial charge in [0.15, 0.2) is 0 Å². The van der Waals surface area contributed by atoms with Crippen LogP contribution in [0.1, 0.15) is 51.9 Å². The number of hydrogen-bond donors (Lipinski definition) is 1. The maximum atomic E-state index is 11.0. The van der Waals surface area contributed by atoms with Crippen LogP contribution < -0.4 is 5.32 Å². The van der Waals surface area contributed by atoms with E-state index in [1.54, 1.807) is 0 Å². The number of hydrogen-bond acceptors (Lipinski definition) is 3. The third kappa shape index (κ3) is 4.52. The summed E-state index contributed by atoms with van der Waals surface area (Å²) in [6.45, 7) is 2.98. The van der Waals surface area contributed by atoms with Crippen LogP contribution in [-0.2, 0) is 9.53 Å². The second-order valence-electron chi connectivity index (χ2n) is 4.69. The second-order valence-corrected chi connectivity index (χ2v) is 4.69. The third-order valence-corrected chi connectivity index (χ3v) is 3.62. The van der Waals surface area contributed by atoms with E-state index in [-0.39, 0.29) is 5.97 Å². The Morgan fingerprint density at radius 2 is 2.06 bits per heavy atom. The van der Waals surface area contributed by atoms with Gasteiger partial charge in [0, 0.05) is 12.6 Å². The molecule has 0 aromatic rings. The van der Waals surface area contributed by atoms with Crippen LogP contribution in [0.4, 0.5) is 0 Å². The van der Waals surface area contributed by atoms with Gasteiger partial charge in [-0.25, -0.2) is 0 Å². The van der Waals surface area contributed by atoms with Gasteiger partial charge in [0.25, 0.3) is 0 Å². The molecule has 3 heteroatoms. The Hall–Kier alpha value is -0.570. The van der Waals surface area contributed by atoms with E-state index in [0.29, 0.717) is 12.5 Å². The molecule has 0 heterocycles. The number of rotatable bonds is 6. The van der Waals surface area contributed by atoms with Gasteiger partial charge in [-0.15, -0.1) is 0 Å². The van der Waals surface area contributed by atoms with Crippen LogP contribution in [0.25, 0.3) is 0 Å². The molecule has 0 amide bonds. The van der Waals surface area contributed by atoms with Crippen LogP contribution in [0.3, 0.4) is 0 Å². The minimum atomic E-state index is -0.119. The van der Waals surface area contributed by atoms with Crippen molar-refractivity contribution < 1.29 is 9.53 Å². The Morgan fingerprint density at radius 1 is 1.38 bits per heavy atom. The maximum Gasteiger partial charge on any atom is 0.306 e. The van der Waals surface area contributed by atoms with E-state index in [2.05, 4.69) is 17.0 Å². The predicted molar refractivity (Wildman–Crippen MR) is 65.3 cm³/mol. The summed E-state index contributed by atoms with van der Waals surface area (Å²) in [5.74, 6) is 0.697. The van der Waals surface area contributed by atoms with Crippen LogP contribution in [0.5, 0.6) is 0 Å². The Bertz CT molecular complexity index is 200. The zero-order valence-corrected chi connectivity index (χ0v) is 10.6. The Morgan fingerprint density at radius 3 is 2.62 bits per heavy atom. The van der Waals surface area contributed by atoms with E-state index in [4.69, 9.17) is 0 Å². The van der Waals surface area contributed by atoms with Crippen molar-refractivity contribution in [3.8, 4) is 0 Å². The molecule has 0 aromatic carbocycles. The maximum absolute atomic E-state index is 11.0. The molecule has 3 nitrogen and oxygen atoms in total. The fourth-order valence-electron chi connectivity index (χ4n) is 2.64. The summed E-state index contributed by atoms with van der Waals surface area (Å²) in [4.78, 5) is 11.0. The number of esters is 1. The molecule has 1 aliphatic carbocycles. The molecule has 1 saturated carbocycles. The van der Waals surface area contributed by atoms with E-state index in [0.717, 1.165) is 18.9 Å². The first kappa shape index (κ1) is 13.5. The fourth-order valence-corrected chi connectivity index (χ4v) is 2.64. The van der Waals surface area contributed by atoms with Crippen LogP contribution in [-0.4, -0.2) is 25.7 Å². The topological polar surface area (TPSA) is 38.3 Å². The Balaban J connectivity index is 2.22. The summed E-state index contributed by atoms with van der Waals surface area (Å²) in [7, 11) is 1.45. The van der Waals surface area contributed by atoms with E-state index < -0.39 is 0 Å². The summed E-state index contributed by atoms with van der Waals surface area (Å²) in [6, 6.07) is 0.588. The highest BCUT2D eigenvalue weighted by atomic mass is 16.5. The number of nitrogens with one attached hydrogen (secondary N) is 1. The lowest BCUT2D eigenvalue weighted by atomic mass is 9.83. The first-order valence-electron chi connectivity index (χ1n) is 6.58. The molecule has 0 spiro atoms. The largest absolute Gasteiger partial charge is 0.469 e. The average Bonchev–Trinajstić information content (AvgIpc) is 2.35. The van der Waals surface area contributed by atoms with Crippen molar-refractivity contribution >= 4 is 5.97 Å². The number of carbonyl (C=O) groups is 1. The molecule has 1 aliphatic rings. The fraction of sp³-hybridized carbons (Fsp3) is 0.923. The first-order chi connectivity index (χ1) is 7.77. The standard InChI is InChI=1S/C13H25NO2/c1-3-12(11-7-5-4-6-8-11)14-10-9-13(15)16-2/h11-12,14H,3-10H2,1-2H3. The Kier molecular flexibility index (Phi) is 6.46. The molecule has 94 valence electrons. The molecule has 1 rings (SSSR count). The minimum Gasteiger partial charge on any atom is -0.469 e. The number of ether oxygens (including phenoxy) is 1. The molecule has 1 fully saturated rings. The third-order valence-electron chi connectivity index (χ3n) is 3.62. The summed E-state index contributed by atoms with van der Waals surface area (Å²) >= 11 is 0. The SMILES string of the molecule is CCC(NCCC(=O)OC)C1CCCCC1. The van der Waals surface area contributed by atoms with Gasteiger partial charge in [-0.1, -0.05) is 26.2 Å². The first-order valence-corrected chi connectivity index (χ1v) is 6.58. The summed E-state index contributed by atoms with van der Waals surface area (Å²) in [6.07, 6.45) is 8.49. The molecule has 0 saturated heterocycles. The van der Waals surface area contributed by atoms with Gasteiger partial charge in [-0.3, -0.25) is 4.79 Å².